The molecule has 0 atom stereocenters. The Hall–Kier alpha value is -1.38. The molecule has 1 aromatic carbocycles. The van der Waals surface area contributed by atoms with Gasteiger partial charge in [-0.3, -0.25) is 9.52 Å². The lowest BCUT2D eigenvalue weighted by Crippen LogP contribution is -2.16. The normalized spacial score (nSPS) is 11.3. The standard InChI is InChI=1S/C11H7BrClFN2O3S/c12-6-1-2-9(14)10(3-6)16-20(18,19)7-4-8(13)11(17)15-5-7/h1-5,16H,(H,15,17). The summed E-state index contributed by atoms with van der Waals surface area (Å²) in [5.41, 5.74) is -0.832. The average Bonchev–Trinajstić information content (AvgIpc) is 2.36. The van der Waals surface area contributed by atoms with Crippen LogP contribution in [0.3, 0.4) is 0 Å². The summed E-state index contributed by atoms with van der Waals surface area (Å²) in [5, 5.41) is -0.275. The molecular weight excluding hydrogens is 375 g/mol. The van der Waals surface area contributed by atoms with Crippen LogP contribution in [0.4, 0.5) is 10.1 Å². The van der Waals surface area contributed by atoms with Gasteiger partial charge in [-0.25, -0.2) is 12.8 Å². The molecule has 0 fully saturated rings. The predicted molar refractivity (Wildman–Crippen MR) is 77.0 cm³/mol. The smallest absolute Gasteiger partial charge is 0.266 e. The van der Waals surface area contributed by atoms with Crippen molar-refractivity contribution < 1.29 is 12.8 Å². The van der Waals surface area contributed by atoms with E-state index in [1.807, 2.05) is 0 Å². The van der Waals surface area contributed by atoms with Crippen LogP contribution in [0.1, 0.15) is 0 Å². The Morgan fingerprint density at radius 2 is 2.00 bits per heavy atom. The van der Waals surface area contributed by atoms with Crippen molar-refractivity contribution in [2.24, 2.45) is 0 Å². The zero-order valence-electron chi connectivity index (χ0n) is 9.65. The molecule has 9 heteroatoms. The molecule has 2 aromatic rings. The van der Waals surface area contributed by atoms with Crippen molar-refractivity contribution in [3.05, 3.63) is 56.1 Å². The fourth-order valence-electron chi connectivity index (χ4n) is 1.37. The van der Waals surface area contributed by atoms with E-state index in [9.17, 15) is 17.6 Å². The molecule has 0 spiro atoms. The van der Waals surface area contributed by atoms with E-state index in [1.54, 1.807) is 0 Å². The molecule has 2 rings (SSSR count). The summed E-state index contributed by atoms with van der Waals surface area (Å²) >= 11 is 8.67. The van der Waals surface area contributed by atoms with Crippen molar-refractivity contribution in [3.8, 4) is 0 Å². The van der Waals surface area contributed by atoms with Gasteiger partial charge in [0.05, 0.1) is 5.69 Å². The minimum Gasteiger partial charge on any atom is -0.326 e. The summed E-state index contributed by atoms with van der Waals surface area (Å²) in [4.78, 5) is 13.0. The van der Waals surface area contributed by atoms with Gasteiger partial charge in [-0.2, -0.15) is 0 Å². The number of anilines is 1. The van der Waals surface area contributed by atoms with Crippen molar-refractivity contribution in [2.75, 3.05) is 4.72 Å². The second-order valence-electron chi connectivity index (χ2n) is 3.74. The van der Waals surface area contributed by atoms with Crippen LogP contribution in [0.5, 0.6) is 0 Å². The quantitative estimate of drug-likeness (QED) is 0.858. The average molecular weight is 382 g/mol. The van der Waals surface area contributed by atoms with Crippen molar-refractivity contribution >= 4 is 43.2 Å². The van der Waals surface area contributed by atoms with Crippen molar-refractivity contribution in [2.45, 2.75) is 4.90 Å². The highest BCUT2D eigenvalue weighted by Crippen LogP contribution is 2.23. The number of nitrogens with one attached hydrogen (secondary N) is 2. The highest BCUT2D eigenvalue weighted by molar-refractivity contribution is 9.10. The first kappa shape index (κ1) is 15.0. The van der Waals surface area contributed by atoms with Gasteiger partial charge in [0.25, 0.3) is 15.6 Å². The van der Waals surface area contributed by atoms with E-state index in [-0.39, 0.29) is 15.6 Å². The van der Waals surface area contributed by atoms with Crippen LogP contribution in [0.2, 0.25) is 5.02 Å². The van der Waals surface area contributed by atoms with Gasteiger partial charge in [-0.15, -0.1) is 0 Å². The molecule has 0 radical (unpaired) electrons. The first-order valence-corrected chi connectivity index (χ1v) is 7.81. The topological polar surface area (TPSA) is 79.0 Å². The van der Waals surface area contributed by atoms with Crippen LogP contribution in [0, 0.1) is 5.82 Å². The summed E-state index contributed by atoms with van der Waals surface area (Å²) in [5.74, 6) is -0.729. The van der Waals surface area contributed by atoms with E-state index in [1.165, 1.54) is 12.1 Å². The Kier molecular flexibility index (Phi) is 4.17. The number of hydrogen-bond acceptors (Lipinski definition) is 3. The molecule has 106 valence electrons. The van der Waals surface area contributed by atoms with Crippen LogP contribution in [-0.4, -0.2) is 13.4 Å². The molecule has 0 aliphatic heterocycles. The van der Waals surface area contributed by atoms with E-state index in [4.69, 9.17) is 11.6 Å². The number of H-pyrrole nitrogens is 1. The third-order valence-electron chi connectivity index (χ3n) is 2.31. The number of aromatic amines is 1. The van der Waals surface area contributed by atoms with Gasteiger partial charge in [-0.05, 0) is 24.3 Å². The van der Waals surface area contributed by atoms with E-state index in [0.29, 0.717) is 4.47 Å². The summed E-state index contributed by atoms with van der Waals surface area (Å²) in [6, 6.07) is 4.81. The molecule has 20 heavy (non-hydrogen) atoms. The molecule has 0 unspecified atom stereocenters. The van der Waals surface area contributed by atoms with E-state index < -0.39 is 21.4 Å². The molecule has 0 saturated carbocycles. The largest absolute Gasteiger partial charge is 0.326 e. The first-order chi connectivity index (χ1) is 9.29. The van der Waals surface area contributed by atoms with Crippen LogP contribution < -0.4 is 10.3 Å². The molecule has 0 bridgehead atoms. The highest BCUT2D eigenvalue weighted by Gasteiger charge is 2.18. The SMILES string of the molecule is O=c1[nH]cc(S(=O)(=O)Nc2cc(Br)ccc2F)cc1Cl. The Bertz CT molecular complexity index is 823. The number of pyridine rings is 1. The van der Waals surface area contributed by atoms with E-state index in [2.05, 4.69) is 25.6 Å². The summed E-state index contributed by atoms with van der Waals surface area (Å²) < 4.78 is 40.2. The molecule has 1 heterocycles. The number of rotatable bonds is 3. The summed E-state index contributed by atoms with van der Waals surface area (Å²) in [6.45, 7) is 0. The maximum Gasteiger partial charge on any atom is 0.266 e. The molecule has 5 nitrogen and oxygen atoms in total. The minimum atomic E-state index is -4.06. The lowest BCUT2D eigenvalue weighted by molar-refractivity contribution is 0.598. The molecule has 1 aromatic heterocycles. The Balaban J connectivity index is 2.43. The summed E-state index contributed by atoms with van der Waals surface area (Å²) in [6.07, 6.45) is 0.979. The van der Waals surface area contributed by atoms with E-state index >= 15 is 0 Å². The van der Waals surface area contributed by atoms with Crippen molar-refractivity contribution in [3.63, 3.8) is 0 Å². The molecule has 0 amide bonds. The van der Waals surface area contributed by atoms with Gasteiger partial charge in [0.15, 0.2) is 0 Å². The van der Waals surface area contributed by atoms with Crippen LogP contribution in [-0.2, 0) is 10.0 Å². The van der Waals surface area contributed by atoms with Crippen molar-refractivity contribution in [1.29, 1.82) is 0 Å². The third-order valence-corrected chi connectivity index (χ3v) is 4.43. The van der Waals surface area contributed by atoms with Crippen LogP contribution >= 0.6 is 27.5 Å². The Morgan fingerprint density at radius 3 is 2.65 bits per heavy atom. The van der Waals surface area contributed by atoms with Gasteiger partial charge < -0.3 is 4.98 Å². The molecule has 0 saturated heterocycles. The number of sulfonamides is 1. The maximum atomic E-state index is 13.5. The highest BCUT2D eigenvalue weighted by atomic mass is 79.9. The monoisotopic (exact) mass is 380 g/mol. The first-order valence-electron chi connectivity index (χ1n) is 5.16. The zero-order chi connectivity index (χ0) is 14.9. The summed E-state index contributed by atoms with van der Waals surface area (Å²) in [7, 11) is -4.06. The van der Waals surface area contributed by atoms with Gasteiger partial charge in [0.2, 0.25) is 0 Å². The molecule has 0 aliphatic carbocycles. The predicted octanol–water partition coefficient (Wildman–Crippen LogP) is 2.73. The minimum absolute atomic E-state index is 0.221. The van der Waals surface area contributed by atoms with Crippen molar-refractivity contribution in [1.82, 2.24) is 4.98 Å². The Morgan fingerprint density at radius 1 is 1.30 bits per heavy atom. The van der Waals surface area contributed by atoms with Crippen LogP contribution in [0.25, 0.3) is 0 Å². The maximum absolute atomic E-state index is 13.5. The number of halogens is 3. The molecular formula is C11H7BrClFN2O3S. The zero-order valence-corrected chi connectivity index (χ0v) is 12.8. The van der Waals surface area contributed by atoms with Gasteiger partial charge >= 0.3 is 0 Å². The fourth-order valence-corrected chi connectivity index (χ4v) is 3.02. The van der Waals surface area contributed by atoms with Gasteiger partial charge in [0.1, 0.15) is 15.7 Å². The van der Waals surface area contributed by atoms with Gasteiger partial charge in [-0.1, -0.05) is 27.5 Å². The van der Waals surface area contributed by atoms with Gasteiger partial charge in [0, 0.05) is 10.7 Å². The van der Waals surface area contributed by atoms with Crippen LogP contribution in [0.15, 0.2) is 44.6 Å². The Labute approximate surface area is 127 Å². The molecule has 2 N–H and O–H groups in total. The fraction of sp³-hybridized carbons (Fsp3) is 0. The second-order valence-corrected chi connectivity index (χ2v) is 6.75. The number of aromatic nitrogens is 1. The number of benzene rings is 1. The second kappa shape index (κ2) is 5.55. The third kappa shape index (κ3) is 3.20. The lowest BCUT2D eigenvalue weighted by atomic mass is 10.3. The lowest BCUT2D eigenvalue weighted by Gasteiger charge is -2.09. The molecule has 0 aliphatic rings. The number of hydrogen-bond donors (Lipinski definition) is 2. The van der Waals surface area contributed by atoms with E-state index in [0.717, 1.165) is 18.3 Å².